The quantitative estimate of drug-likeness (QED) is 0.0632. The average molecular weight is 515 g/mol. The number of unbranched alkanes of at least 4 members (excludes halogenated alkanes) is 7. The molecule has 3 rings (SSSR count). The van der Waals surface area contributed by atoms with Crippen LogP contribution in [0.1, 0.15) is 84.6 Å². The Morgan fingerprint density at radius 1 is 0.658 bits per heavy atom. The largest absolute Gasteiger partial charge is 0.497 e. The molecule has 0 saturated carbocycles. The zero-order valence-electron chi connectivity index (χ0n) is 22.5. The molecule has 3 aromatic carbocycles. The van der Waals surface area contributed by atoms with Crippen molar-refractivity contribution >= 4 is 17.8 Å². The van der Waals surface area contributed by atoms with Crippen molar-refractivity contribution in [2.45, 2.75) is 58.3 Å². The van der Waals surface area contributed by atoms with Crippen LogP contribution in [-0.4, -0.2) is 25.5 Å². The highest BCUT2D eigenvalue weighted by molar-refractivity contribution is 6.06. The Labute approximate surface area is 226 Å². The number of esters is 1. The third-order valence-corrected chi connectivity index (χ3v) is 6.25. The monoisotopic (exact) mass is 514 g/mol. The second-order valence-electron chi connectivity index (χ2n) is 9.23. The van der Waals surface area contributed by atoms with Gasteiger partial charge in [-0.1, -0.05) is 70.1 Å². The van der Waals surface area contributed by atoms with Gasteiger partial charge in [0, 0.05) is 5.56 Å². The smallest absolute Gasteiger partial charge is 0.343 e. The van der Waals surface area contributed by atoms with Gasteiger partial charge in [-0.25, -0.2) is 4.79 Å². The van der Waals surface area contributed by atoms with Gasteiger partial charge in [-0.3, -0.25) is 4.79 Å². The van der Waals surface area contributed by atoms with Crippen LogP contribution < -0.4 is 14.2 Å². The Hall–Kier alpha value is -3.86. The number of hydrogen-bond donors (Lipinski definition) is 0. The number of rotatable bonds is 16. The first-order valence-corrected chi connectivity index (χ1v) is 13.5. The van der Waals surface area contributed by atoms with E-state index in [1.807, 2.05) is 24.3 Å². The molecule has 0 heterocycles. The van der Waals surface area contributed by atoms with Gasteiger partial charge in [-0.05, 0) is 78.7 Å². The molecule has 0 fully saturated rings. The molecule has 200 valence electrons. The number of benzene rings is 3. The molecule has 0 aliphatic rings. The molecule has 0 radical (unpaired) electrons. The van der Waals surface area contributed by atoms with Crippen LogP contribution in [0.2, 0.25) is 0 Å². The number of hydrogen-bond acceptors (Lipinski definition) is 5. The van der Waals surface area contributed by atoms with Crippen molar-refractivity contribution in [3.8, 4) is 17.2 Å². The van der Waals surface area contributed by atoms with Crippen LogP contribution in [0.25, 0.3) is 6.08 Å². The van der Waals surface area contributed by atoms with E-state index >= 15 is 0 Å². The number of allylic oxidation sites excluding steroid dienone is 1. The lowest BCUT2D eigenvalue weighted by molar-refractivity contribution is 0.0734. The predicted molar refractivity (Wildman–Crippen MR) is 152 cm³/mol. The molecule has 0 spiro atoms. The van der Waals surface area contributed by atoms with Crippen LogP contribution in [0.5, 0.6) is 17.2 Å². The summed E-state index contributed by atoms with van der Waals surface area (Å²) in [6, 6.07) is 20.9. The van der Waals surface area contributed by atoms with Gasteiger partial charge in [0.1, 0.15) is 17.2 Å². The van der Waals surface area contributed by atoms with Gasteiger partial charge in [0.2, 0.25) is 0 Å². The Morgan fingerprint density at radius 3 is 1.84 bits per heavy atom. The Bertz CT molecular complexity index is 1150. The Kier molecular flexibility index (Phi) is 12.1. The van der Waals surface area contributed by atoms with Gasteiger partial charge >= 0.3 is 5.97 Å². The van der Waals surface area contributed by atoms with Crippen molar-refractivity contribution in [3.05, 3.63) is 95.6 Å². The summed E-state index contributed by atoms with van der Waals surface area (Å²) in [7, 11) is 1.61. The fraction of sp³-hybridized carbons (Fsp3) is 0.333. The van der Waals surface area contributed by atoms with Crippen molar-refractivity contribution in [2.24, 2.45) is 0 Å². The minimum absolute atomic E-state index is 0.138. The van der Waals surface area contributed by atoms with Gasteiger partial charge in [0.05, 0.1) is 19.3 Å². The SMILES string of the molecule is CCCCCCCCCCOc1ccc(C(=O)Oc2ccc(C(=O)/C=C/c3ccc(OC)cc3)cc2)cc1. The Balaban J connectivity index is 1.40. The maximum Gasteiger partial charge on any atom is 0.343 e. The number of ether oxygens (including phenoxy) is 3. The summed E-state index contributed by atoms with van der Waals surface area (Å²) in [6.07, 6.45) is 13.3. The van der Waals surface area contributed by atoms with Crippen LogP contribution in [0.3, 0.4) is 0 Å². The molecular weight excluding hydrogens is 476 g/mol. The molecule has 38 heavy (non-hydrogen) atoms. The maximum atomic E-state index is 12.5. The molecule has 5 nitrogen and oxygen atoms in total. The zero-order chi connectivity index (χ0) is 27.0. The van der Waals surface area contributed by atoms with Gasteiger partial charge in [-0.15, -0.1) is 0 Å². The minimum atomic E-state index is -0.460. The first-order chi connectivity index (χ1) is 18.6. The van der Waals surface area contributed by atoms with E-state index in [9.17, 15) is 9.59 Å². The van der Waals surface area contributed by atoms with Crippen molar-refractivity contribution in [3.63, 3.8) is 0 Å². The van der Waals surface area contributed by atoms with E-state index < -0.39 is 5.97 Å². The topological polar surface area (TPSA) is 61.8 Å². The van der Waals surface area contributed by atoms with Crippen molar-refractivity contribution in [1.82, 2.24) is 0 Å². The molecular formula is C33H38O5. The van der Waals surface area contributed by atoms with E-state index in [1.165, 1.54) is 51.0 Å². The predicted octanol–water partition coefficient (Wildman–Crippen LogP) is 8.33. The minimum Gasteiger partial charge on any atom is -0.497 e. The van der Waals surface area contributed by atoms with Crippen LogP contribution in [0.15, 0.2) is 78.9 Å². The van der Waals surface area contributed by atoms with E-state index in [1.54, 1.807) is 61.7 Å². The molecule has 0 amide bonds. The molecule has 3 aromatic rings. The standard InChI is InChI=1S/C33H38O5/c1-3-4-5-6-7-8-9-10-25-37-30-20-16-28(17-21-30)33(35)38-31-22-14-27(15-23-31)32(34)24-13-26-11-18-29(36-2)19-12-26/h11-24H,3-10,25H2,1-2H3/b24-13+. The highest BCUT2D eigenvalue weighted by atomic mass is 16.5. The van der Waals surface area contributed by atoms with Crippen LogP contribution in [0.4, 0.5) is 0 Å². The van der Waals surface area contributed by atoms with Gasteiger partial charge in [0.15, 0.2) is 5.78 Å². The average Bonchev–Trinajstić information content (AvgIpc) is 2.96. The van der Waals surface area contributed by atoms with Crippen molar-refractivity contribution < 1.29 is 23.8 Å². The van der Waals surface area contributed by atoms with E-state index in [4.69, 9.17) is 14.2 Å². The molecule has 5 heteroatoms. The van der Waals surface area contributed by atoms with E-state index in [-0.39, 0.29) is 5.78 Å². The summed E-state index contributed by atoms with van der Waals surface area (Å²) in [5.41, 5.74) is 1.84. The van der Waals surface area contributed by atoms with Crippen molar-refractivity contribution in [1.29, 1.82) is 0 Å². The fourth-order valence-electron chi connectivity index (χ4n) is 3.95. The molecule has 0 unspecified atom stereocenters. The third kappa shape index (κ3) is 9.89. The molecule has 0 bridgehead atoms. The summed E-state index contributed by atoms with van der Waals surface area (Å²) in [6.45, 7) is 2.92. The highest BCUT2D eigenvalue weighted by Crippen LogP contribution is 2.18. The number of ketones is 1. The number of methoxy groups -OCH3 is 1. The molecule has 0 N–H and O–H groups in total. The summed E-state index contributed by atoms with van der Waals surface area (Å²) >= 11 is 0. The van der Waals surface area contributed by atoms with Crippen LogP contribution in [0, 0.1) is 0 Å². The van der Waals surface area contributed by atoms with Gasteiger partial charge < -0.3 is 14.2 Å². The number of carbonyl (C=O) groups is 2. The lowest BCUT2D eigenvalue weighted by Gasteiger charge is -2.08. The Morgan fingerprint density at radius 2 is 1.21 bits per heavy atom. The third-order valence-electron chi connectivity index (χ3n) is 6.25. The van der Waals surface area contributed by atoms with E-state index in [0.29, 0.717) is 23.5 Å². The zero-order valence-corrected chi connectivity index (χ0v) is 22.5. The van der Waals surface area contributed by atoms with E-state index in [2.05, 4.69) is 6.92 Å². The van der Waals surface area contributed by atoms with Crippen LogP contribution >= 0.6 is 0 Å². The molecule has 0 aromatic heterocycles. The first kappa shape index (κ1) is 28.7. The van der Waals surface area contributed by atoms with Gasteiger partial charge in [0.25, 0.3) is 0 Å². The maximum absolute atomic E-state index is 12.5. The second-order valence-corrected chi connectivity index (χ2v) is 9.23. The summed E-state index contributed by atoms with van der Waals surface area (Å²) in [4.78, 5) is 25.0. The molecule has 0 aliphatic heterocycles. The fourth-order valence-corrected chi connectivity index (χ4v) is 3.95. The van der Waals surface area contributed by atoms with Gasteiger partial charge in [-0.2, -0.15) is 0 Å². The highest BCUT2D eigenvalue weighted by Gasteiger charge is 2.10. The lowest BCUT2D eigenvalue weighted by atomic mass is 10.1. The van der Waals surface area contributed by atoms with E-state index in [0.717, 1.165) is 23.5 Å². The summed E-state index contributed by atoms with van der Waals surface area (Å²) in [5.74, 6) is 1.28. The molecule has 0 saturated heterocycles. The lowest BCUT2D eigenvalue weighted by Crippen LogP contribution is -2.08. The summed E-state index contributed by atoms with van der Waals surface area (Å²) < 4.78 is 16.4. The molecule has 0 aliphatic carbocycles. The van der Waals surface area contributed by atoms with Crippen molar-refractivity contribution in [2.75, 3.05) is 13.7 Å². The first-order valence-electron chi connectivity index (χ1n) is 13.5. The van der Waals surface area contributed by atoms with Crippen LogP contribution in [-0.2, 0) is 0 Å². The number of carbonyl (C=O) groups excluding carboxylic acids is 2. The molecule has 0 atom stereocenters. The normalized spacial score (nSPS) is 10.9. The second kappa shape index (κ2) is 16.1. The summed E-state index contributed by atoms with van der Waals surface area (Å²) in [5, 5.41) is 0.